The summed E-state index contributed by atoms with van der Waals surface area (Å²) in [7, 11) is 1.54. The highest BCUT2D eigenvalue weighted by Crippen LogP contribution is 2.37. The van der Waals surface area contributed by atoms with E-state index in [2.05, 4.69) is 16.7 Å². The molecule has 6 nitrogen and oxygen atoms in total. The van der Waals surface area contributed by atoms with E-state index in [9.17, 15) is 18.0 Å². The molecule has 4 rings (SSSR count). The van der Waals surface area contributed by atoms with E-state index in [4.69, 9.17) is 13.9 Å². The molecule has 2 aromatic carbocycles. The molecule has 2 heterocycles. The van der Waals surface area contributed by atoms with Crippen molar-refractivity contribution < 1.29 is 27.1 Å². The van der Waals surface area contributed by atoms with Crippen LogP contribution < -0.4 is 10.4 Å². The average molecular weight is 484 g/mol. The number of alkyl halides is 3. The van der Waals surface area contributed by atoms with Gasteiger partial charge in [0.15, 0.2) is 0 Å². The Bertz CT molecular complexity index is 1390. The van der Waals surface area contributed by atoms with E-state index in [0.717, 1.165) is 23.1 Å². The summed E-state index contributed by atoms with van der Waals surface area (Å²) in [5.74, 6) is 0.824. The van der Waals surface area contributed by atoms with Crippen LogP contribution >= 0.6 is 0 Å². The molecule has 1 aliphatic heterocycles. The van der Waals surface area contributed by atoms with Crippen LogP contribution in [0.3, 0.4) is 0 Å². The van der Waals surface area contributed by atoms with E-state index >= 15 is 0 Å². The standard InChI is InChI=1S/C26H23F3N2O4/c1-25(2)22(12-17-11-16-7-10-24(32)33-20(16)14-21(17)35-25)34-23(31-4)13-19(30-3)15-5-8-18(9-6-15)26(27,28)29/h5-11,13-14,22H,3,12H2,1-2,4H3/b19-13-,31-23?. The predicted octanol–water partition coefficient (Wildman–Crippen LogP) is 5.68. The van der Waals surface area contributed by atoms with Crippen molar-refractivity contribution in [1.82, 2.24) is 0 Å². The molecule has 0 saturated carbocycles. The SMILES string of the molecule is C=N/C(=C\C(=NC)OC1Cc2cc3ccc(=O)oc3cc2OC1(C)C)c1ccc(C(F)(F)F)cc1. The quantitative estimate of drug-likeness (QED) is 0.271. The van der Waals surface area contributed by atoms with Crippen LogP contribution in [0.25, 0.3) is 16.7 Å². The Morgan fingerprint density at radius 3 is 2.51 bits per heavy atom. The summed E-state index contributed by atoms with van der Waals surface area (Å²) >= 11 is 0. The molecule has 0 spiro atoms. The van der Waals surface area contributed by atoms with Crippen LogP contribution in [0, 0.1) is 0 Å². The normalized spacial score (nSPS) is 18.1. The van der Waals surface area contributed by atoms with Crippen molar-refractivity contribution in [2.75, 3.05) is 7.05 Å². The Morgan fingerprint density at radius 1 is 1.17 bits per heavy atom. The lowest BCUT2D eigenvalue weighted by molar-refractivity contribution is -0.137. The van der Waals surface area contributed by atoms with Gasteiger partial charge in [-0.15, -0.1) is 0 Å². The first-order chi connectivity index (χ1) is 16.5. The Labute approximate surface area is 199 Å². The first kappa shape index (κ1) is 24.3. The molecule has 3 aromatic rings. The number of halogens is 3. The zero-order valence-corrected chi connectivity index (χ0v) is 19.3. The Kier molecular flexibility index (Phi) is 6.27. The third kappa shape index (κ3) is 5.13. The van der Waals surface area contributed by atoms with Gasteiger partial charge >= 0.3 is 11.8 Å². The van der Waals surface area contributed by atoms with Crippen molar-refractivity contribution in [3.8, 4) is 5.75 Å². The summed E-state index contributed by atoms with van der Waals surface area (Å²) in [6, 6.07) is 11.2. The summed E-state index contributed by atoms with van der Waals surface area (Å²) in [5.41, 5.74) is 0.102. The summed E-state index contributed by atoms with van der Waals surface area (Å²) in [6.45, 7) is 7.26. The number of nitrogens with zero attached hydrogens (tertiary/aromatic N) is 2. The van der Waals surface area contributed by atoms with Crippen LogP contribution in [0.5, 0.6) is 5.75 Å². The van der Waals surface area contributed by atoms with Gasteiger partial charge in [0.2, 0.25) is 5.90 Å². The van der Waals surface area contributed by atoms with Crippen molar-refractivity contribution in [2.45, 2.75) is 38.1 Å². The van der Waals surface area contributed by atoms with Crippen LogP contribution in [0.2, 0.25) is 0 Å². The van der Waals surface area contributed by atoms with E-state index < -0.39 is 29.1 Å². The zero-order chi connectivity index (χ0) is 25.4. The molecule has 35 heavy (non-hydrogen) atoms. The molecule has 0 amide bonds. The van der Waals surface area contributed by atoms with Gasteiger partial charge in [-0.3, -0.25) is 9.98 Å². The molecular weight excluding hydrogens is 461 g/mol. The van der Waals surface area contributed by atoms with Crippen LogP contribution in [0.15, 0.2) is 73.8 Å². The molecular formula is C26H23F3N2O4. The number of aliphatic imine (C=N–C) groups is 2. The molecule has 1 unspecified atom stereocenters. The molecule has 1 aliphatic rings. The van der Waals surface area contributed by atoms with Gasteiger partial charge in [-0.05, 0) is 50.4 Å². The molecule has 0 N–H and O–H groups in total. The van der Waals surface area contributed by atoms with Crippen LogP contribution in [0.4, 0.5) is 13.2 Å². The van der Waals surface area contributed by atoms with Crippen molar-refractivity contribution >= 4 is 29.3 Å². The summed E-state index contributed by atoms with van der Waals surface area (Å²) in [5, 5.41) is 0.759. The lowest BCUT2D eigenvalue weighted by Gasteiger charge is -2.39. The maximum absolute atomic E-state index is 12.9. The highest BCUT2D eigenvalue weighted by molar-refractivity contribution is 5.95. The highest BCUT2D eigenvalue weighted by Gasteiger charge is 2.39. The molecule has 0 aliphatic carbocycles. The smallest absolute Gasteiger partial charge is 0.416 e. The minimum Gasteiger partial charge on any atom is -0.484 e. The molecule has 1 aromatic heterocycles. The number of ether oxygens (including phenoxy) is 2. The second-order valence-corrected chi connectivity index (χ2v) is 8.59. The van der Waals surface area contributed by atoms with Crippen molar-refractivity contribution in [2.24, 2.45) is 9.98 Å². The van der Waals surface area contributed by atoms with Gasteiger partial charge in [-0.2, -0.15) is 13.2 Å². The van der Waals surface area contributed by atoms with E-state index in [-0.39, 0.29) is 5.90 Å². The second kappa shape index (κ2) is 9.05. The number of rotatable bonds is 4. The fraction of sp³-hybridized carbons (Fsp3) is 0.269. The molecule has 0 fully saturated rings. The van der Waals surface area contributed by atoms with Gasteiger partial charge in [0.1, 0.15) is 23.0 Å². The topological polar surface area (TPSA) is 73.4 Å². The zero-order valence-electron chi connectivity index (χ0n) is 19.3. The molecule has 0 saturated heterocycles. The molecule has 9 heteroatoms. The molecule has 1 atom stereocenters. The lowest BCUT2D eigenvalue weighted by Crippen LogP contribution is -2.48. The minimum atomic E-state index is -4.43. The van der Waals surface area contributed by atoms with Gasteiger partial charge < -0.3 is 13.9 Å². The summed E-state index contributed by atoms with van der Waals surface area (Å²) in [4.78, 5) is 19.7. The van der Waals surface area contributed by atoms with Gasteiger partial charge in [-0.1, -0.05) is 12.1 Å². The van der Waals surface area contributed by atoms with Crippen LogP contribution in [-0.2, 0) is 17.3 Å². The van der Waals surface area contributed by atoms with Gasteiger partial charge in [0.25, 0.3) is 0 Å². The van der Waals surface area contributed by atoms with E-state index in [1.165, 1.54) is 24.3 Å². The van der Waals surface area contributed by atoms with Crippen molar-refractivity contribution in [3.63, 3.8) is 0 Å². The van der Waals surface area contributed by atoms with Gasteiger partial charge in [0.05, 0.1) is 11.3 Å². The van der Waals surface area contributed by atoms with Crippen molar-refractivity contribution in [1.29, 1.82) is 0 Å². The van der Waals surface area contributed by atoms with Gasteiger partial charge in [-0.25, -0.2) is 4.79 Å². The highest BCUT2D eigenvalue weighted by atomic mass is 19.4. The summed E-state index contributed by atoms with van der Waals surface area (Å²) < 4.78 is 56.3. The van der Waals surface area contributed by atoms with Crippen LogP contribution in [-0.4, -0.2) is 31.4 Å². The number of hydrogen-bond donors (Lipinski definition) is 0. The van der Waals surface area contributed by atoms with E-state index in [1.807, 2.05) is 19.9 Å². The predicted molar refractivity (Wildman–Crippen MR) is 128 cm³/mol. The van der Waals surface area contributed by atoms with E-state index in [0.29, 0.717) is 29.0 Å². The number of fused-ring (bicyclic) bond motifs is 2. The molecule has 182 valence electrons. The Morgan fingerprint density at radius 2 is 1.89 bits per heavy atom. The van der Waals surface area contributed by atoms with Crippen LogP contribution in [0.1, 0.15) is 30.5 Å². The summed E-state index contributed by atoms with van der Waals surface area (Å²) in [6.07, 6.45) is -2.86. The maximum Gasteiger partial charge on any atom is 0.416 e. The lowest BCUT2D eigenvalue weighted by atomic mass is 9.90. The van der Waals surface area contributed by atoms with E-state index in [1.54, 1.807) is 19.2 Å². The fourth-order valence-electron chi connectivity index (χ4n) is 3.84. The molecule has 0 bridgehead atoms. The van der Waals surface area contributed by atoms with Crippen molar-refractivity contribution in [3.05, 3.63) is 81.7 Å². The Balaban J connectivity index is 1.60. The first-order valence-corrected chi connectivity index (χ1v) is 10.8. The minimum absolute atomic E-state index is 0.226. The average Bonchev–Trinajstić information content (AvgIpc) is 2.80. The second-order valence-electron chi connectivity index (χ2n) is 8.59. The molecule has 0 radical (unpaired) electrons. The number of hydrogen-bond acceptors (Lipinski definition) is 6. The Hall–Kier alpha value is -3.88. The first-order valence-electron chi connectivity index (χ1n) is 10.8. The maximum atomic E-state index is 12.9. The number of benzene rings is 2. The third-order valence-electron chi connectivity index (χ3n) is 5.78. The van der Waals surface area contributed by atoms with Gasteiger partial charge in [0, 0.05) is 42.6 Å². The monoisotopic (exact) mass is 484 g/mol. The fourth-order valence-corrected chi connectivity index (χ4v) is 3.84. The third-order valence-corrected chi connectivity index (χ3v) is 5.78. The largest absolute Gasteiger partial charge is 0.484 e.